The van der Waals surface area contributed by atoms with Gasteiger partial charge in [0.2, 0.25) is 0 Å². The lowest BCUT2D eigenvalue weighted by Crippen LogP contribution is -2.07. The van der Waals surface area contributed by atoms with Crippen molar-refractivity contribution in [3.63, 3.8) is 0 Å². The molecule has 0 bridgehead atoms. The summed E-state index contributed by atoms with van der Waals surface area (Å²) in [6, 6.07) is 0. The van der Waals surface area contributed by atoms with Crippen molar-refractivity contribution in [3.05, 3.63) is 0 Å². The van der Waals surface area contributed by atoms with E-state index >= 15 is 0 Å². The van der Waals surface area contributed by atoms with Crippen LogP contribution in [0.15, 0.2) is 0 Å². The zero-order chi connectivity index (χ0) is 6.78. The van der Waals surface area contributed by atoms with Crippen molar-refractivity contribution in [2.75, 3.05) is 5.08 Å². The van der Waals surface area contributed by atoms with Gasteiger partial charge in [-0.15, -0.1) is 0 Å². The summed E-state index contributed by atoms with van der Waals surface area (Å²) in [5.41, 5.74) is 0. The molecule has 50 valence electrons. The van der Waals surface area contributed by atoms with Crippen LogP contribution in [0.25, 0.3) is 0 Å². The maximum Gasteiger partial charge on any atom is 0.438 e. The van der Waals surface area contributed by atoms with Crippen LogP contribution in [-0.2, 0) is 21.8 Å². The lowest BCUT2D eigenvalue weighted by atomic mass is 11.9. The molecule has 3 nitrogen and oxygen atoms in total. The highest BCUT2D eigenvalue weighted by Crippen LogP contribution is 2.01. The first kappa shape index (κ1) is 8.12. The van der Waals surface area contributed by atoms with E-state index in [-0.39, 0.29) is 0 Å². The lowest BCUT2D eigenvalue weighted by Gasteiger charge is -1.94. The zero-order valence-electron chi connectivity index (χ0n) is 3.50. The van der Waals surface area contributed by atoms with Gasteiger partial charge in [-0.1, -0.05) is 0 Å². The third kappa shape index (κ3) is 6.12. The van der Waals surface area contributed by atoms with Crippen molar-refractivity contribution in [2.45, 2.75) is 0 Å². The SMILES string of the molecule is O=S(=O)([O-])C[S+](F)F. The first-order valence-corrected chi connectivity index (χ1v) is 4.16. The summed E-state index contributed by atoms with van der Waals surface area (Å²) < 4.78 is 50.2. The minimum Gasteiger partial charge on any atom is -0.744 e. The van der Waals surface area contributed by atoms with Crippen LogP contribution in [0.1, 0.15) is 0 Å². The molecular weight excluding hydrogens is 162 g/mol. The molecule has 0 rings (SSSR count). The van der Waals surface area contributed by atoms with Gasteiger partial charge in [0.15, 0.2) is 0 Å². The molecule has 0 radical (unpaired) electrons. The molecule has 0 aliphatic carbocycles. The van der Waals surface area contributed by atoms with Crippen molar-refractivity contribution in [3.8, 4) is 0 Å². The van der Waals surface area contributed by atoms with Crippen molar-refractivity contribution in [2.24, 2.45) is 0 Å². The molecule has 0 aromatic rings. The van der Waals surface area contributed by atoms with E-state index in [0.717, 1.165) is 0 Å². The van der Waals surface area contributed by atoms with E-state index in [0.29, 0.717) is 0 Å². The van der Waals surface area contributed by atoms with Gasteiger partial charge in [-0.2, -0.15) is 0 Å². The molecule has 0 aromatic carbocycles. The van der Waals surface area contributed by atoms with Crippen LogP contribution in [-0.4, -0.2) is 18.1 Å². The second-order valence-electron chi connectivity index (χ2n) is 0.952. The summed E-state index contributed by atoms with van der Waals surface area (Å²) in [4.78, 5) is 0. The van der Waals surface area contributed by atoms with Crippen LogP contribution in [0.3, 0.4) is 0 Å². The maximum absolute atomic E-state index is 11.0. The predicted molar refractivity (Wildman–Crippen MR) is 24.1 cm³/mol. The summed E-state index contributed by atoms with van der Waals surface area (Å²) in [6.45, 7) is 0. The Kier molecular flexibility index (Phi) is 2.64. The third-order valence-electron chi connectivity index (χ3n) is 0.233. The largest absolute Gasteiger partial charge is 0.744 e. The standard InChI is InChI=1S/CH2F2O3S2/c2-7(3)1-8(4,5)6/h1H2. The fourth-order valence-corrected chi connectivity index (χ4v) is 0.982. The van der Waals surface area contributed by atoms with E-state index < -0.39 is 26.9 Å². The van der Waals surface area contributed by atoms with E-state index in [1.54, 1.807) is 0 Å². The zero-order valence-corrected chi connectivity index (χ0v) is 5.14. The fourth-order valence-electron chi connectivity index (χ4n) is 0.109. The monoisotopic (exact) mass is 164 g/mol. The Morgan fingerprint density at radius 1 is 1.50 bits per heavy atom. The van der Waals surface area contributed by atoms with Crippen LogP contribution < -0.4 is 0 Å². The van der Waals surface area contributed by atoms with Gasteiger partial charge in [-0.3, -0.25) is 0 Å². The van der Waals surface area contributed by atoms with Gasteiger partial charge >= 0.3 is 11.7 Å². The van der Waals surface area contributed by atoms with Crippen molar-refractivity contribution in [1.82, 2.24) is 0 Å². The molecule has 0 aliphatic heterocycles. The van der Waals surface area contributed by atoms with Crippen LogP contribution in [0, 0.1) is 0 Å². The van der Waals surface area contributed by atoms with E-state index in [1.807, 2.05) is 0 Å². The second kappa shape index (κ2) is 2.60. The number of hydrogen-bond donors (Lipinski definition) is 0. The summed E-state index contributed by atoms with van der Waals surface area (Å²) in [5.74, 6) is 0. The summed E-state index contributed by atoms with van der Waals surface area (Å²) in [7, 11) is -4.71. The highest BCUT2D eigenvalue weighted by Gasteiger charge is 2.22. The van der Waals surface area contributed by atoms with Gasteiger partial charge in [0.1, 0.15) is 10.1 Å². The fraction of sp³-hybridized carbons (Fsp3) is 1.00. The van der Waals surface area contributed by atoms with Crippen molar-refractivity contribution < 1.29 is 20.7 Å². The quantitative estimate of drug-likeness (QED) is 0.422. The van der Waals surface area contributed by atoms with E-state index in [2.05, 4.69) is 0 Å². The Morgan fingerprint density at radius 3 is 1.88 bits per heavy atom. The number of halogens is 2. The molecule has 0 atom stereocenters. The smallest absolute Gasteiger partial charge is 0.438 e. The van der Waals surface area contributed by atoms with Gasteiger partial charge < -0.3 is 4.55 Å². The van der Waals surface area contributed by atoms with Crippen LogP contribution in [0.2, 0.25) is 0 Å². The average molecular weight is 164 g/mol. The second-order valence-corrected chi connectivity index (χ2v) is 3.56. The minimum absolute atomic E-state index is 1.56. The Labute approximate surface area is 48.4 Å². The molecule has 0 spiro atoms. The predicted octanol–water partition coefficient (Wildman–Crippen LogP) is -0.124. The third-order valence-corrected chi connectivity index (χ3v) is 2.10. The molecular formula is CH2F2O3S2. The topological polar surface area (TPSA) is 57.2 Å². The first-order valence-electron chi connectivity index (χ1n) is 1.39. The van der Waals surface area contributed by atoms with Crippen molar-refractivity contribution in [1.29, 1.82) is 0 Å². The van der Waals surface area contributed by atoms with E-state index in [4.69, 9.17) is 0 Å². The van der Waals surface area contributed by atoms with Crippen LogP contribution in [0.4, 0.5) is 7.77 Å². The molecule has 0 saturated heterocycles. The van der Waals surface area contributed by atoms with E-state index in [1.165, 1.54) is 0 Å². The van der Waals surface area contributed by atoms with Gasteiger partial charge in [0.05, 0.1) is 7.77 Å². The van der Waals surface area contributed by atoms with E-state index in [9.17, 15) is 20.7 Å². The highest BCUT2D eigenvalue weighted by molar-refractivity contribution is 8.03. The van der Waals surface area contributed by atoms with Crippen LogP contribution >= 0.6 is 0 Å². The average Bonchev–Trinajstić information content (AvgIpc) is 1.21. The number of rotatable bonds is 2. The molecule has 0 saturated carbocycles. The molecule has 7 heteroatoms. The highest BCUT2D eigenvalue weighted by atomic mass is 32.3. The first-order chi connectivity index (χ1) is 3.42. The van der Waals surface area contributed by atoms with Crippen LogP contribution in [0.5, 0.6) is 0 Å². The van der Waals surface area contributed by atoms with Crippen molar-refractivity contribution >= 4 is 21.8 Å². The molecule has 0 amide bonds. The molecule has 0 heterocycles. The Hall–Kier alpha value is 0.120. The van der Waals surface area contributed by atoms with Gasteiger partial charge in [0.25, 0.3) is 5.08 Å². The Bertz CT molecular complexity index is 149. The number of hydrogen-bond acceptors (Lipinski definition) is 3. The molecule has 8 heavy (non-hydrogen) atoms. The van der Waals surface area contributed by atoms with Gasteiger partial charge in [-0.05, 0) is 0 Å². The molecule has 0 fully saturated rings. The summed E-state index contributed by atoms with van der Waals surface area (Å²) in [6.07, 6.45) is 0. The van der Waals surface area contributed by atoms with Gasteiger partial charge in [0, 0.05) is 0 Å². The Morgan fingerprint density at radius 2 is 1.88 bits per heavy atom. The molecule has 0 unspecified atom stereocenters. The normalized spacial score (nSPS) is 12.5. The molecule has 0 aromatic heterocycles. The molecule has 0 N–H and O–H groups in total. The summed E-state index contributed by atoms with van der Waals surface area (Å²) >= 11 is -3.29. The lowest BCUT2D eigenvalue weighted by molar-refractivity contribution is 0.468. The van der Waals surface area contributed by atoms with Gasteiger partial charge in [-0.25, -0.2) is 8.42 Å². The minimum atomic E-state index is -4.71. The summed E-state index contributed by atoms with van der Waals surface area (Å²) in [5, 5.41) is -1.56. The maximum atomic E-state index is 11.0. The molecule has 0 aliphatic rings. The Balaban J connectivity index is 3.75.